The van der Waals surface area contributed by atoms with Crippen molar-refractivity contribution in [3.63, 3.8) is 0 Å². The number of aryl methyl sites for hydroxylation is 6. The quantitative estimate of drug-likeness (QED) is 0.275. The lowest BCUT2D eigenvalue weighted by Gasteiger charge is -1.94. The molecular weight excluding hydrogens is 433 g/mol. The molecule has 0 saturated carbocycles. The number of rotatable bonds is 2. The van der Waals surface area contributed by atoms with Gasteiger partial charge in [-0.15, -0.1) is 0 Å². The van der Waals surface area contributed by atoms with E-state index >= 15 is 0 Å². The molecule has 0 aliphatic rings. The van der Waals surface area contributed by atoms with E-state index in [1.54, 1.807) is 26.0 Å². The summed E-state index contributed by atoms with van der Waals surface area (Å²) >= 11 is 0. The molecule has 3 aromatic heterocycles. The van der Waals surface area contributed by atoms with Gasteiger partial charge in [0.2, 0.25) is 5.95 Å². The van der Waals surface area contributed by atoms with Gasteiger partial charge in [0.05, 0.1) is 0 Å². The number of hydrogen-bond donors (Lipinski definition) is 0. The van der Waals surface area contributed by atoms with Crippen molar-refractivity contribution in [1.29, 1.82) is 0 Å². The van der Waals surface area contributed by atoms with E-state index in [0.717, 1.165) is 22.7 Å². The van der Waals surface area contributed by atoms with Crippen LogP contribution in [-0.4, -0.2) is 15.0 Å². The number of allylic oxidation sites excluding steroid dienone is 5. The molecule has 0 aliphatic heterocycles. The molecule has 3 aromatic rings. The summed E-state index contributed by atoms with van der Waals surface area (Å²) < 4.78 is 12.5. The maximum atomic E-state index is 12.5. The Morgan fingerprint density at radius 1 is 0.686 bits per heavy atom. The Hall–Kier alpha value is -3.40. The van der Waals surface area contributed by atoms with Crippen molar-refractivity contribution >= 4 is 0 Å². The monoisotopic (exact) mass is 475 g/mol. The molecule has 0 amide bonds. The van der Waals surface area contributed by atoms with Crippen molar-refractivity contribution in [1.82, 2.24) is 15.0 Å². The molecule has 0 fully saturated rings. The summed E-state index contributed by atoms with van der Waals surface area (Å²) in [6, 6.07) is 11.6. The number of hydrogen-bond acceptors (Lipinski definition) is 3. The topological polar surface area (TPSA) is 38.7 Å². The van der Waals surface area contributed by atoms with E-state index in [2.05, 4.69) is 66.6 Å². The molecule has 0 aromatic carbocycles. The minimum absolute atomic E-state index is 0.366. The Kier molecular flexibility index (Phi) is 15.4. The second-order valence-corrected chi connectivity index (χ2v) is 8.89. The summed E-state index contributed by atoms with van der Waals surface area (Å²) in [6.45, 7) is 23.6. The maximum Gasteiger partial charge on any atom is 0.215 e. The Morgan fingerprint density at radius 3 is 1.43 bits per heavy atom. The van der Waals surface area contributed by atoms with Crippen LogP contribution in [0.3, 0.4) is 0 Å². The third kappa shape index (κ3) is 16.8. The Morgan fingerprint density at radius 2 is 1.14 bits per heavy atom. The van der Waals surface area contributed by atoms with Gasteiger partial charge in [-0.05, 0) is 104 Å². The molecule has 0 aliphatic carbocycles. The van der Waals surface area contributed by atoms with Crippen molar-refractivity contribution in [2.24, 2.45) is 0 Å². The first kappa shape index (κ1) is 31.6. The van der Waals surface area contributed by atoms with Gasteiger partial charge in [0.15, 0.2) is 0 Å². The summed E-state index contributed by atoms with van der Waals surface area (Å²) in [5, 5.41) is 0. The third-order valence-corrected chi connectivity index (χ3v) is 4.63. The van der Waals surface area contributed by atoms with Gasteiger partial charge in [-0.3, -0.25) is 9.97 Å². The molecule has 3 rings (SSSR count). The summed E-state index contributed by atoms with van der Waals surface area (Å²) in [5.74, 6) is -0.366. The zero-order valence-corrected chi connectivity index (χ0v) is 23.2. The number of nitrogens with zero attached hydrogens (tertiary/aromatic N) is 3. The van der Waals surface area contributed by atoms with Crippen molar-refractivity contribution in [3.8, 4) is 0 Å². The van der Waals surface area contributed by atoms with Crippen LogP contribution in [0.5, 0.6) is 0 Å². The lowest BCUT2D eigenvalue weighted by molar-refractivity contribution is 0.571. The first-order valence-corrected chi connectivity index (χ1v) is 11.7. The molecule has 35 heavy (non-hydrogen) atoms. The average molecular weight is 476 g/mol. The minimum Gasteiger partial charge on any atom is -0.261 e. The summed E-state index contributed by atoms with van der Waals surface area (Å²) in [4.78, 5) is 11.8. The highest BCUT2D eigenvalue weighted by molar-refractivity contribution is 5.28. The van der Waals surface area contributed by atoms with Crippen LogP contribution >= 0.6 is 0 Å². The largest absolute Gasteiger partial charge is 0.261 e. The molecule has 0 N–H and O–H groups in total. The van der Waals surface area contributed by atoms with Crippen molar-refractivity contribution in [3.05, 3.63) is 124 Å². The standard InChI is InChI=1S/C10H16.C7H8FN.2C7H9N/c1-8(2)6-7-10(5)9(3)4;1-5-3-4-6(2)9-7(5)8;2*1-6-3-4-7(2)8-5-6/h6-7H,3H2,1-2,4-5H3;3-4H,1-2H3;2*3-5H,1-2H3/b10-7-;;;. The van der Waals surface area contributed by atoms with Gasteiger partial charge in [0.25, 0.3) is 0 Å². The second-order valence-electron chi connectivity index (χ2n) is 8.89. The van der Waals surface area contributed by atoms with Crippen molar-refractivity contribution in [2.45, 2.75) is 69.2 Å². The van der Waals surface area contributed by atoms with Gasteiger partial charge in [-0.2, -0.15) is 4.39 Å². The van der Waals surface area contributed by atoms with E-state index in [-0.39, 0.29) is 5.95 Å². The normalized spacial score (nSPS) is 9.86. The average Bonchev–Trinajstić information content (AvgIpc) is 2.80. The molecule has 0 unspecified atom stereocenters. The molecule has 0 atom stereocenters. The third-order valence-electron chi connectivity index (χ3n) is 4.63. The van der Waals surface area contributed by atoms with Crippen LogP contribution < -0.4 is 0 Å². The summed E-state index contributed by atoms with van der Waals surface area (Å²) in [5.41, 5.74) is 9.62. The maximum absolute atomic E-state index is 12.5. The predicted molar refractivity (Wildman–Crippen MR) is 149 cm³/mol. The molecule has 4 heteroatoms. The van der Waals surface area contributed by atoms with Crippen LogP contribution in [-0.2, 0) is 0 Å². The summed E-state index contributed by atoms with van der Waals surface area (Å²) in [6.07, 6.45) is 7.94. The molecule has 3 nitrogen and oxygen atoms in total. The molecule has 0 radical (unpaired) electrons. The Labute approximate surface area is 212 Å². The fourth-order valence-corrected chi connectivity index (χ4v) is 2.11. The molecule has 188 valence electrons. The SMILES string of the molecule is C=C(C)/C(C)=C\C=C(C)C.Cc1ccc(C)c(F)n1.Cc1ccc(C)nc1.Cc1ccc(C)nc1. The molecule has 0 saturated heterocycles. The van der Waals surface area contributed by atoms with E-state index in [9.17, 15) is 4.39 Å². The van der Waals surface area contributed by atoms with Gasteiger partial charge in [0, 0.05) is 35.0 Å². The molecule has 0 spiro atoms. The van der Waals surface area contributed by atoms with Crippen LogP contribution in [0.2, 0.25) is 0 Å². The fourth-order valence-electron chi connectivity index (χ4n) is 2.11. The lowest BCUT2D eigenvalue weighted by atomic mass is 10.1. The van der Waals surface area contributed by atoms with Crippen LogP contribution in [0.15, 0.2) is 84.2 Å². The number of aromatic nitrogens is 3. The zero-order chi connectivity index (χ0) is 27.0. The van der Waals surface area contributed by atoms with E-state index in [1.165, 1.54) is 22.3 Å². The highest BCUT2D eigenvalue weighted by Gasteiger charge is 1.95. The smallest absolute Gasteiger partial charge is 0.215 e. The number of halogens is 1. The van der Waals surface area contributed by atoms with E-state index < -0.39 is 0 Å². The van der Waals surface area contributed by atoms with Gasteiger partial charge in [-0.1, -0.05) is 48.1 Å². The van der Waals surface area contributed by atoms with Crippen LogP contribution in [0, 0.1) is 47.5 Å². The highest BCUT2D eigenvalue weighted by atomic mass is 19.1. The predicted octanol–water partition coefficient (Wildman–Crippen LogP) is 8.71. The highest BCUT2D eigenvalue weighted by Crippen LogP contribution is 2.05. The first-order chi connectivity index (χ1) is 16.3. The zero-order valence-electron chi connectivity index (χ0n) is 23.2. The first-order valence-electron chi connectivity index (χ1n) is 11.7. The Balaban J connectivity index is 0.000000442. The second kappa shape index (κ2) is 17.1. The van der Waals surface area contributed by atoms with Gasteiger partial charge >= 0.3 is 0 Å². The van der Waals surface area contributed by atoms with Crippen LogP contribution in [0.1, 0.15) is 61.5 Å². The van der Waals surface area contributed by atoms with E-state index in [0.29, 0.717) is 5.56 Å². The van der Waals surface area contributed by atoms with Gasteiger partial charge in [0.1, 0.15) is 0 Å². The number of pyridine rings is 3. The van der Waals surface area contributed by atoms with Crippen LogP contribution in [0.4, 0.5) is 4.39 Å². The summed E-state index contributed by atoms with van der Waals surface area (Å²) in [7, 11) is 0. The molecule has 3 heterocycles. The van der Waals surface area contributed by atoms with Gasteiger partial charge in [-0.25, -0.2) is 4.98 Å². The van der Waals surface area contributed by atoms with Crippen molar-refractivity contribution in [2.75, 3.05) is 0 Å². The Bertz CT molecular complexity index is 1000. The van der Waals surface area contributed by atoms with Gasteiger partial charge < -0.3 is 0 Å². The molecular formula is C31H42FN3. The van der Waals surface area contributed by atoms with E-state index in [4.69, 9.17) is 0 Å². The van der Waals surface area contributed by atoms with E-state index in [1.807, 2.05) is 59.1 Å². The van der Waals surface area contributed by atoms with Crippen molar-refractivity contribution < 1.29 is 4.39 Å². The minimum atomic E-state index is -0.366. The lowest BCUT2D eigenvalue weighted by Crippen LogP contribution is -1.88. The fraction of sp³-hybridized carbons (Fsp3) is 0.323. The molecule has 0 bridgehead atoms. The van der Waals surface area contributed by atoms with Crippen LogP contribution in [0.25, 0.3) is 0 Å².